The molecular formula is C15H23NO2. The van der Waals surface area contributed by atoms with Gasteiger partial charge in [0, 0.05) is 13.2 Å². The lowest BCUT2D eigenvalue weighted by molar-refractivity contribution is 0.104. The van der Waals surface area contributed by atoms with Gasteiger partial charge in [0.25, 0.3) is 0 Å². The van der Waals surface area contributed by atoms with Crippen molar-refractivity contribution < 1.29 is 9.47 Å². The summed E-state index contributed by atoms with van der Waals surface area (Å²) in [6, 6.07) is 8.16. The molecule has 1 heterocycles. The van der Waals surface area contributed by atoms with Crippen LogP contribution in [0, 0.1) is 6.92 Å². The summed E-state index contributed by atoms with van der Waals surface area (Å²) in [5, 5.41) is 3.39. The third kappa shape index (κ3) is 4.67. The first-order valence-corrected chi connectivity index (χ1v) is 6.86. The number of hydrogen-bond donors (Lipinski definition) is 1. The van der Waals surface area contributed by atoms with Crippen molar-refractivity contribution in [3.63, 3.8) is 0 Å². The maximum Gasteiger partial charge on any atom is 0.119 e. The Bertz CT molecular complexity index is 348. The van der Waals surface area contributed by atoms with Crippen molar-refractivity contribution in [2.75, 3.05) is 26.3 Å². The molecule has 0 bridgehead atoms. The molecule has 3 nitrogen and oxygen atoms in total. The zero-order valence-corrected chi connectivity index (χ0v) is 11.2. The molecule has 0 saturated carbocycles. The van der Waals surface area contributed by atoms with Gasteiger partial charge in [-0.3, -0.25) is 0 Å². The molecule has 1 aliphatic rings. The predicted octanol–water partition coefficient (Wildman–Crippen LogP) is 2.53. The third-order valence-corrected chi connectivity index (χ3v) is 3.20. The number of ether oxygens (including phenoxy) is 2. The molecule has 1 N–H and O–H groups in total. The van der Waals surface area contributed by atoms with E-state index in [0.29, 0.717) is 6.10 Å². The van der Waals surface area contributed by atoms with Gasteiger partial charge in [0.1, 0.15) is 12.4 Å². The maximum atomic E-state index is 5.67. The fourth-order valence-corrected chi connectivity index (χ4v) is 2.21. The molecule has 0 radical (unpaired) electrons. The van der Waals surface area contributed by atoms with Crippen molar-refractivity contribution in [1.29, 1.82) is 0 Å². The fourth-order valence-electron chi connectivity index (χ4n) is 2.21. The molecule has 1 aromatic rings. The Balaban J connectivity index is 1.50. The van der Waals surface area contributed by atoms with Gasteiger partial charge in [-0.1, -0.05) is 12.1 Å². The molecule has 0 amide bonds. The van der Waals surface area contributed by atoms with E-state index in [1.165, 1.54) is 18.4 Å². The molecule has 3 heteroatoms. The number of benzene rings is 1. The molecule has 0 aromatic heterocycles. The Hall–Kier alpha value is -1.06. The summed E-state index contributed by atoms with van der Waals surface area (Å²) in [5.41, 5.74) is 1.24. The topological polar surface area (TPSA) is 30.5 Å². The lowest BCUT2D eigenvalue weighted by Crippen LogP contribution is -2.24. The van der Waals surface area contributed by atoms with Gasteiger partial charge in [-0.2, -0.15) is 0 Å². The summed E-state index contributed by atoms with van der Waals surface area (Å²) in [7, 11) is 0. The number of nitrogens with one attached hydrogen (secondary N) is 1. The van der Waals surface area contributed by atoms with Gasteiger partial charge in [0.05, 0.1) is 6.10 Å². The van der Waals surface area contributed by atoms with E-state index in [0.717, 1.165) is 38.5 Å². The second-order valence-electron chi connectivity index (χ2n) is 4.84. The zero-order valence-electron chi connectivity index (χ0n) is 11.2. The average Bonchev–Trinajstić information content (AvgIpc) is 2.87. The first-order valence-electron chi connectivity index (χ1n) is 6.86. The molecule has 1 aliphatic heterocycles. The molecule has 0 aliphatic carbocycles. The monoisotopic (exact) mass is 249 g/mol. The minimum Gasteiger partial charge on any atom is -0.492 e. The van der Waals surface area contributed by atoms with Crippen LogP contribution in [0.25, 0.3) is 0 Å². The first-order chi connectivity index (χ1) is 8.84. The largest absolute Gasteiger partial charge is 0.492 e. The molecule has 100 valence electrons. The Morgan fingerprint density at radius 3 is 3.11 bits per heavy atom. The van der Waals surface area contributed by atoms with E-state index in [9.17, 15) is 0 Å². The van der Waals surface area contributed by atoms with Crippen LogP contribution in [0.2, 0.25) is 0 Å². The molecule has 0 spiro atoms. The van der Waals surface area contributed by atoms with Crippen LogP contribution in [0.3, 0.4) is 0 Å². The normalized spacial score (nSPS) is 19.1. The van der Waals surface area contributed by atoms with Gasteiger partial charge in [-0.15, -0.1) is 0 Å². The molecular weight excluding hydrogens is 226 g/mol. The van der Waals surface area contributed by atoms with Gasteiger partial charge < -0.3 is 14.8 Å². The van der Waals surface area contributed by atoms with E-state index in [-0.39, 0.29) is 0 Å². The quantitative estimate of drug-likeness (QED) is 0.753. The number of rotatable bonds is 7. The average molecular weight is 249 g/mol. The van der Waals surface area contributed by atoms with E-state index < -0.39 is 0 Å². The van der Waals surface area contributed by atoms with E-state index in [1.807, 2.05) is 12.1 Å². The Morgan fingerprint density at radius 1 is 1.39 bits per heavy atom. The van der Waals surface area contributed by atoms with Crippen LogP contribution in [-0.2, 0) is 4.74 Å². The summed E-state index contributed by atoms with van der Waals surface area (Å²) in [6.45, 7) is 5.64. The first kappa shape index (κ1) is 13.4. The fraction of sp³-hybridized carbons (Fsp3) is 0.600. The van der Waals surface area contributed by atoms with Crippen LogP contribution < -0.4 is 10.1 Å². The van der Waals surface area contributed by atoms with Gasteiger partial charge >= 0.3 is 0 Å². The molecule has 1 saturated heterocycles. The van der Waals surface area contributed by atoms with Crippen LogP contribution in [0.5, 0.6) is 5.75 Å². The maximum absolute atomic E-state index is 5.67. The lowest BCUT2D eigenvalue weighted by Gasteiger charge is -2.10. The van der Waals surface area contributed by atoms with E-state index in [4.69, 9.17) is 9.47 Å². The highest BCUT2D eigenvalue weighted by Gasteiger charge is 2.14. The molecule has 1 unspecified atom stereocenters. The van der Waals surface area contributed by atoms with Crippen molar-refractivity contribution in [2.24, 2.45) is 0 Å². The lowest BCUT2D eigenvalue weighted by atomic mass is 10.2. The van der Waals surface area contributed by atoms with E-state index >= 15 is 0 Å². The summed E-state index contributed by atoms with van der Waals surface area (Å²) < 4.78 is 11.2. The molecule has 1 fully saturated rings. The van der Waals surface area contributed by atoms with Gasteiger partial charge in [0.15, 0.2) is 0 Å². The Morgan fingerprint density at radius 2 is 2.33 bits per heavy atom. The number of aryl methyl sites for hydroxylation is 1. The zero-order chi connectivity index (χ0) is 12.6. The summed E-state index contributed by atoms with van der Waals surface area (Å²) in [4.78, 5) is 0. The van der Waals surface area contributed by atoms with Crippen LogP contribution in [0.1, 0.15) is 24.8 Å². The van der Waals surface area contributed by atoms with Crippen LogP contribution in [-0.4, -0.2) is 32.4 Å². The van der Waals surface area contributed by atoms with Crippen molar-refractivity contribution >= 4 is 0 Å². The third-order valence-electron chi connectivity index (χ3n) is 3.20. The Labute approximate surface area is 109 Å². The van der Waals surface area contributed by atoms with E-state index in [2.05, 4.69) is 24.4 Å². The second-order valence-corrected chi connectivity index (χ2v) is 4.84. The molecule has 1 aromatic carbocycles. The smallest absolute Gasteiger partial charge is 0.119 e. The summed E-state index contributed by atoms with van der Waals surface area (Å²) in [5.74, 6) is 0.955. The second kappa shape index (κ2) is 7.39. The minimum atomic E-state index is 0.482. The van der Waals surface area contributed by atoms with Crippen molar-refractivity contribution in [2.45, 2.75) is 32.3 Å². The Kier molecular flexibility index (Phi) is 5.49. The van der Waals surface area contributed by atoms with Crippen LogP contribution in [0.15, 0.2) is 24.3 Å². The number of hydrogen-bond acceptors (Lipinski definition) is 3. The van der Waals surface area contributed by atoms with E-state index in [1.54, 1.807) is 0 Å². The van der Waals surface area contributed by atoms with Crippen LogP contribution >= 0.6 is 0 Å². The summed E-state index contributed by atoms with van der Waals surface area (Å²) in [6.07, 6.45) is 4.04. The predicted molar refractivity (Wildman–Crippen MR) is 73.1 cm³/mol. The van der Waals surface area contributed by atoms with Crippen molar-refractivity contribution in [3.05, 3.63) is 29.8 Å². The highest BCUT2D eigenvalue weighted by molar-refractivity contribution is 5.27. The molecule has 18 heavy (non-hydrogen) atoms. The molecule has 1 atom stereocenters. The highest BCUT2D eigenvalue weighted by Crippen LogP contribution is 2.14. The van der Waals surface area contributed by atoms with Gasteiger partial charge in [-0.25, -0.2) is 0 Å². The van der Waals surface area contributed by atoms with Crippen LogP contribution in [0.4, 0.5) is 0 Å². The van der Waals surface area contributed by atoms with Crippen molar-refractivity contribution in [3.8, 4) is 5.75 Å². The highest BCUT2D eigenvalue weighted by atomic mass is 16.5. The van der Waals surface area contributed by atoms with Gasteiger partial charge in [0.2, 0.25) is 0 Å². The standard InChI is InChI=1S/C15H23NO2/c1-13-4-2-5-15(12-13)18-11-9-16-8-7-14-6-3-10-17-14/h2,4-5,12,14,16H,3,6-11H2,1H3. The minimum absolute atomic E-state index is 0.482. The summed E-state index contributed by atoms with van der Waals surface area (Å²) >= 11 is 0. The molecule has 2 rings (SSSR count). The van der Waals surface area contributed by atoms with Crippen molar-refractivity contribution in [1.82, 2.24) is 5.32 Å². The SMILES string of the molecule is Cc1cccc(OCCNCCC2CCCO2)c1. The van der Waals surface area contributed by atoms with Gasteiger partial charge in [-0.05, 0) is 50.4 Å².